The molecule has 1 amide bonds. The number of hydrogen-bond donors (Lipinski definition) is 2. The second-order valence-electron chi connectivity index (χ2n) is 5.89. The number of carbonyl (C=O) groups excluding carboxylic acids is 1. The Morgan fingerprint density at radius 3 is 2.90 bits per heavy atom. The van der Waals surface area contributed by atoms with E-state index in [2.05, 4.69) is 32.3 Å². The first-order chi connectivity index (χ1) is 14.1. The minimum atomic E-state index is -0.605. The molecule has 0 fully saturated rings. The summed E-state index contributed by atoms with van der Waals surface area (Å²) in [6.07, 6.45) is 6.11. The van der Waals surface area contributed by atoms with Crippen LogP contribution in [0.15, 0.2) is 73.7 Å². The maximum absolute atomic E-state index is 14.3. The van der Waals surface area contributed by atoms with Gasteiger partial charge >= 0.3 is 0 Å². The Labute approximate surface area is 164 Å². The van der Waals surface area contributed by atoms with Crippen LogP contribution in [0.5, 0.6) is 11.6 Å². The third-order valence-electron chi connectivity index (χ3n) is 3.87. The highest BCUT2D eigenvalue weighted by Gasteiger charge is 2.14. The Kier molecular flexibility index (Phi) is 4.85. The van der Waals surface area contributed by atoms with E-state index in [1.54, 1.807) is 41.3 Å². The van der Waals surface area contributed by atoms with Crippen molar-refractivity contribution >= 4 is 28.7 Å². The molecule has 29 heavy (non-hydrogen) atoms. The lowest BCUT2D eigenvalue weighted by Crippen LogP contribution is -2.08. The number of fused-ring (bicyclic) bond motifs is 1. The van der Waals surface area contributed by atoms with Crippen molar-refractivity contribution in [3.8, 4) is 11.6 Å². The van der Waals surface area contributed by atoms with Crippen molar-refractivity contribution < 1.29 is 13.9 Å². The zero-order chi connectivity index (χ0) is 20.2. The molecule has 2 N–H and O–H groups in total. The highest BCUT2D eigenvalue weighted by atomic mass is 19.1. The summed E-state index contributed by atoms with van der Waals surface area (Å²) in [4.78, 5) is 19.9. The smallest absolute Gasteiger partial charge is 0.248 e. The molecule has 0 aliphatic heterocycles. The molecule has 9 heteroatoms. The van der Waals surface area contributed by atoms with Crippen molar-refractivity contribution in [2.45, 2.75) is 0 Å². The fourth-order valence-electron chi connectivity index (χ4n) is 2.56. The lowest BCUT2D eigenvalue weighted by atomic mass is 10.3. The van der Waals surface area contributed by atoms with E-state index in [1.165, 1.54) is 18.2 Å². The van der Waals surface area contributed by atoms with Gasteiger partial charge < -0.3 is 15.4 Å². The van der Waals surface area contributed by atoms with Gasteiger partial charge in [0.25, 0.3) is 0 Å². The maximum Gasteiger partial charge on any atom is 0.248 e. The molecule has 0 radical (unpaired) electrons. The number of rotatable bonds is 6. The largest absolute Gasteiger partial charge is 0.434 e. The average Bonchev–Trinajstić information content (AvgIpc) is 3.20. The molecular weight excluding hydrogens is 375 g/mol. The third kappa shape index (κ3) is 4.03. The van der Waals surface area contributed by atoms with Crippen LogP contribution in [0.1, 0.15) is 0 Å². The van der Waals surface area contributed by atoms with Crippen molar-refractivity contribution in [1.29, 1.82) is 0 Å². The summed E-state index contributed by atoms with van der Waals surface area (Å²) in [5.74, 6) is -0.732. The highest BCUT2D eigenvalue weighted by molar-refractivity contribution is 5.98. The maximum atomic E-state index is 14.3. The van der Waals surface area contributed by atoms with Gasteiger partial charge in [0.15, 0.2) is 11.6 Å². The predicted molar refractivity (Wildman–Crippen MR) is 106 cm³/mol. The lowest BCUT2D eigenvalue weighted by molar-refractivity contribution is -0.111. The summed E-state index contributed by atoms with van der Waals surface area (Å²) in [5.41, 5.74) is 1.59. The Bertz CT molecular complexity index is 1190. The quantitative estimate of drug-likeness (QED) is 0.485. The number of aromatic nitrogens is 4. The molecule has 144 valence electrons. The van der Waals surface area contributed by atoms with E-state index < -0.39 is 11.7 Å². The van der Waals surface area contributed by atoms with Crippen LogP contribution in [0.25, 0.3) is 5.52 Å². The van der Waals surface area contributed by atoms with Crippen LogP contribution in [0.4, 0.5) is 21.7 Å². The number of pyridine rings is 1. The summed E-state index contributed by atoms with van der Waals surface area (Å²) in [7, 11) is 0. The van der Waals surface area contributed by atoms with Gasteiger partial charge in [0.1, 0.15) is 5.52 Å². The first kappa shape index (κ1) is 18.1. The number of benzene rings is 1. The number of nitrogens with one attached hydrogen (secondary N) is 2. The number of amides is 1. The number of carbonyl (C=O) groups is 1. The zero-order valence-electron chi connectivity index (χ0n) is 15.0. The van der Waals surface area contributed by atoms with Crippen molar-refractivity contribution in [1.82, 2.24) is 19.6 Å². The van der Waals surface area contributed by atoms with Crippen LogP contribution in [0.3, 0.4) is 0 Å². The summed E-state index contributed by atoms with van der Waals surface area (Å²) >= 11 is 0. The SMILES string of the molecule is C=CC(=O)Nc1ccc(F)c(Oc2nc(Nc3cccnc3)nn3cccc23)c1. The van der Waals surface area contributed by atoms with E-state index in [0.29, 0.717) is 16.9 Å². The van der Waals surface area contributed by atoms with Crippen molar-refractivity contribution in [2.24, 2.45) is 0 Å². The molecule has 4 aromatic rings. The van der Waals surface area contributed by atoms with Gasteiger partial charge in [0, 0.05) is 24.1 Å². The Morgan fingerprint density at radius 2 is 2.10 bits per heavy atom. The van der Waals surface area contributed by atoms with Crippen molar-refractivity contribution in [3.05, 3.63) is 79.5 Å². The number of hydrogen-bond acceptors (Lipinski definition) is 6. The molecule has 3 aromatic heterocycles. The molecule has 0 bridgehead atoms. The van der Waals surface area contributed by atoms with E-state index in [4.69, 9.17) is 4.74 Å². The molecule has 8 nitrogen and oxygen atoms in total. The van der Waals surface area contributed by atoms with Gasteiger partial charge in [-0.25, -0.2) is 8.91 Å². The summed E-state index contributed by atoms with van der Waals surface area (Å²) in [5, 5.41) is 9.93. The summed E-state index contributed by atoms with van der Waals surface area (Å²) < 4.78 is 21.6. The minimum Gasteiger partial charge on any atom is -0.434 e. The van der Waals surface area contributed by atoms with Crippen LogP contribution < -0.4 is 15.4 Å². The molecule has 0 atom stereocenters. The molecule has 0 aliphatic rings. The standard InChI is InChI=1S/C20H15FN6O2/c1-2-18(28)23-13-7-8-15(21)17(11-13)29-19-16-6-4-10-27(16)26-20(25-19)24-14-5-3-9-22-12-14/h2-12H,1H2,(H,23,28)(H,24,26). The molecule has 0 spiro atoms. The number of anilines is 3. The molecule has 0 saturated heterocycles. The molecular formula is C20H15FN6O2. The summed E-state index contributed by atoms with van der Waals surface area (Å²) in [6, 6.07) is 11.1. The second kappa shape index (κ2) is 7.77. The lowest BCUT2D eigenvalue weighted by Gasteiger charge is -2.11. The van der Waals surface area contributed by atoms with E-state index in [0.717, 1.165) is 6.08 Å². The van der Waals surface area contributed by atoms with Crippen LogP contribution in [0, 0.1) is 5.82 Å². The summed E-state index contributed by atoms with van der Waals surface area (Å²) in [6.45, 7) is 3.39. The van der Waals surface area contributed by atoms with Gasteiger partial charge in [-0.1, -0.05) is 6.58 Å². The van der Waals surface area contributed by atoms with Gasteiger partial charge in [-0.05, 0) is 42.5 Å². The van der Waals surface area contributed by atoms with Crippen LogP contribution in [0.2, 0.25) is 0 Å². The predicted octanol–water partition coefficient (Wildman–Crippen LogP) is 3.92. The fraction of sp³-hybridized carbons (Fsp3) is 0. The van der Waals surface area contributed by atoms with Gasteiger partial charge in [-0.3, -0.25) is 9.78 Å². The van der Waals surface area contributed by atoms with Gasteiger partial charge in [0.05, 0.1) is 11.9 Å². The molecule has 0 aliphatic carbocycles. The van der Waals surface area contributed by atoms with E-state index in [1.807, 2.05) is 6.07 Å². The molecule has 1 aromatic carbocycles. The monoisotopic (exact) mass is 390 g/mol. The molecule has 4 rings (SSSR count). The molecule has 0 saturated carbocycles. The van der Waals surface area contributed by atoms with Crippen LogP contribution in [-0.4, -0.2) is 25.5 Å². The van der Waals surface area contributed by atoms with E-state index in [9.17, 15) is 9.18 Å². The highest BCUT2D eigenvalue weighted by Crippen LogP contribution is 2.30. The first-order valence-electron chi connectivity index (χ1n) is 8.55. The van der Waals surface area contributed by atoms with E-state index >= 15 is 0 Å². The number of halogens is 1. The molecule has 3 heterocycles. The first-order valence-corrected chi connectivity index (χ1v) is 8.55. The normalized spacial score (nSPS) is 10.5. The Hall–Kier alpha value is -4.27. The topological polar surface area (TPSA) is 93.4 Å². The Morgan fingerprint density at radius 1 is 1.21 bits per heavy atom. The van der Waals surface area contributed by atoms with Crippen LogP contribution >= 0.6 is 0 Å². The van der Waals surface area contributed by atoms with Gasteiger partial charge in [-0.15, -0.1) is 5.10 Å². The van der Waals surface area contributed by atoms with Gasteiger partial charge in [0.2, 0.25) is 17.7 Å². The number of ether oxygens (including phenoxy) is 1. The molecule has 0 unspecified atom stereocenters. The zero-order valence-corrected chi connectivity index (χ0v) is 15.0. The average molecular weight is 390 g/mol. The van der Waals surface area contributed by atoms with Crippen molar-refractivity contribution in [2.75, 3.05) is 10.6 Å². The van der Waals surface area contributed by atoms with E-state index in [-0.39, 0.29) is 17.6 Å². The minimum absolute atomic E-state index is 0.0963. The van der Waals surface area contributed by atoms with Gasteiger partial charge in [-0.2, -0.15) is 4.98 Å². The Balaban J connectivity index is 1.68. The second-order valence-corrected chi connectivity index (χ2v) is 5.89. The third-order valence-corrected chi connectivity index (χ3v) is 3.87. The van der Waals surface area contributed by atoms with Crippen molar-refractivity contribution in [3.63, 3.8) is 0 Å². The fourth-order valence-corrected chi connectivity index (χ4v) is 2.56. The van der Waals surface area contributed by atoms with Crippen LogP contribution in [-0.2, 0) is 4.79 Å². The number of nitrogens with zero attached hydrogens (tertiary/aromatic N) is 4.